The van der Waals surface area contributed by atoms with Gasteiger partial charge >= 0.3 is 12.1 Å². The first kappa shape index (κ1) is 23.2. The molecule has 0 saturated heterocycles. The van der Waals surface area contributed by atoms with Crippen LogP contribution in [0.1, 0.15) is 50.6 Å². The number of carbonyl (C=O) groups is 3. The monoisotopic (exact) mass is 461 g/mol. The molecule has 1 aromatic heterocycles. The van der Waals surface area contributed by atoms with Crippen molar-refractivity contribution >= 4 is 40.0 Å². The summed E-state index contributed by atoms with van der Waals surface area (Å²) >= 11 is 1.18. The van der Waals surface area contributed by atoms with Crippen molar-refractivity contribution in [1.82, 2.24) is 4.90 Å². The number of nitrogens with one attached hydrogen (secondary N) is 1. The first-order valence-electron chi connectivity index (χ1n) is 10.1. The highest BCUT2D eigenvalue weighted by molar-refractivity contribution is 7.17. The SMILES string of the molecule is CCOC(=O)c1c(NC(=O)c2cccc([N+](=O)[O-])c2C)sc2c1CCN(C(=O)OCC)C2. The number of esters is 1. The number of hydrogen-bond donors (Lipinski definition) is 1. The summed E-state index contributed by atoms with van der Waals surface area (Å²) < 4.78 is 10.3. The number of benzene rings is 1. The number of nitro benzene ring substituents is 1. The fourth-order valence-corrected chi connectivity index (χ4v) is 4.77. The molecule has 2 amide bonds. The van der Waals surface area contributed by atoms with Crippen LogP contribution in [-0.2, 0) is 22.4 Å². The van der Waals surface area contributed by atoms with Crippen LogP contribution < -0.4 is 5.32 Å². The molecule has 1 aliphatic heterocycles. The van der Waals surface area contributed by atoms with E-state index in [1.165, 1.54) is 41.4 Å². The number of hydrogen-bond acceptors (Lipinski definition) is 8. The third kappa shape index (κ3) is 4.57. The number of ether oxygens (including phenoxy) is 2. The number of anilines is 1. The van der Waals surface area contributed by atoms with Crippen LogP contribution in [0.15, 0.2) is 18.2 Å². The molecule has 1 aromatic carbocycles. The van der Waals surface area contributed by atoms with E-state index in [0.29, 0.717) is 13.0 Å². The van der Waals surface area contributed by atoms with Crippen LogP contribution in [0.4, 0.5) is 15.5 Å². The summed E-state index contributed by atoms with van der Waals surface area (Å²) in [5.41, 5.74) is 1.17. The topological polar surface area (TPSA) is 128 Å². The van der Waals surface area contributed by atoms with Crippen molar-refractivity contribution in [2.24, 2.45) is 0 Å². The van der Waals surface area contributed by atoms with Crippen LogP contribution >= 0.6 is 11.3 Å². The molecule has 0 spiro atoms. The van der Waals surface area contributed by atoms with E-state index in [0.717, 1.165) is 10.4 Å². The van der Waals surface area contributed by atoms with Crippen LogP contribution in [0.5, 0.6) is 0 Å². The van der Waals surface area contributed by atoms with E-state index < -0.39 is 22.9 Å². The summed E-state index contributed by atoms with van der Waals surface area (Å²) in [6.45, 7) is 5.93. The van der Waals surface area contributed by atoms with Gasteiger partial charge in [-0.15, -0.1) is 11.3 Å². The molecule has 2 heterocycles. The van der Waals surface area contributed by atoms with Gasteiger partial charge in [-0.25, -0.2) is 9.59 Å². The Labute approximate surface area is 188 Å². The van der Waals surface area contributed by atoms with Gasteiger partial charge in [-0.2, -0.15) is 0 Å². The molecule has 0 fully saturated rings. The Morgan fingerprint density at radius 1 is 1.22 bits per heavy atom. The predicted molar refractivity (Wildman–Crippen MR) is 117 cm³/mol. The Balaban J connectivity index is 1.95. The average Bonchev–Trinajstić information content (AvgIpc) is 3.10. The lowest BCUT2D eigenvalue weighted by atomic mass is 10.0. The minimum atomic E-state index is -0.572. The maximum absolute atomic E-state index is 12.9. The van der Waals surface area contributed by atoms with Crippen LogP contribution in [0.25, 0.3) is 0 Å². The summed E-state index contributed by atoms with van der Waals surface area (Å²) in [6, 6.07) is 4.24. The van der Waals surface area contributed by atoms with Crippen molar-refractivity contribution in [3.8, 4) is 0 Å². The normalized spacial score (nSPS) is 12.7. The number of thiophene rings is 1. The Hall–Kier alpha value is -3.47. The minimum absolute atomic E-state index is 0.133. The fourth-order valence-electron chi connectivity index (χ4n) is 3.52. The average molecular weight is 461 g/mol. The molecule has 32 heavy (non-hydrogen) atoms. The van der Waals surface area contributed by atoms with Gasteiger partial charge < -0.3 is 19.7 Å². The predicted octanol–water partition coefficient (Wildman–Crippen LogP) is 3.91. The zero-order chi connectivity index (χ0) is 23.4. The number of fused-ring (bicyclic) bond motifs is 1. The maximum atomic E-state index is 12.9. The Bertz CT molecular complexity index is 1080. The molecule has 1 N–H and O–H groups in total. The lowest BCUT2D eigenvalue weighted by molar-refractivity contribution is -0.385. The van der Waals surface area contributed by atoms with E-state index >= 15 is 0 Å². The Morgan fingerprint density at radius 3 is 2.59 bits per heavy atom. The van der Waals surface area contributed by atoms with Gasteiger partial charge in [0.15, 0.2) is 0 Å². The molecular weight excluding hydrogens is 438 g/mol. The zero-order valence-corrected chi connectivity index (χ0v) is 18.7. The number of amides is 2. The van der Waals surface area contributed by atoms with Gasteiger partial charge in [0.1, 0.15) is 5.00 Å². The molecule has 2 aromatic rings. The van der Waals surface area contributed by atoms with E-state index in [-0.39, 0.29) is 47.1 Å². The molecular formula is C21H23N3O7S. The summed E-state index contributed by atoms with van der Waals surface area (Å²) in [6.07, 6.45) is -0.0353. The van der Waals surface area contributed by atoms with Crippen LogP contribution in [-0.4, -0.2) is 47.6 Å². The van der Waals surface area contributed by atoms with Crippen molar-refractivity contribution < 1.29 is 28.8 Å². The standard InChI is InChI=1S/C21H23N3O7S/c1-4-30-20(26)17-14-9-10-23(21(27)31-5-2)11-16(14)32-19(17)22-18(25)13-7-6-8-15(12(13)3)24(28)29/h6-8H,4-5,9-11H2,1-3H3,(H,22,25). The Kier molecular flexibility index (Phi) is 7.08. The summed E-state index contributed by atoms with van der Waals surface area (Å²) in [7, 11) is 0. The van der Waals surface area contributed by atoms with Crippen molar-refractivity contribution in [2.45, 2.75) is 33.7 Å². The third-order valence-corrected chi connectivity index (χ3v) is 6.17. The second-order valence-electron chi connectivity index (χ2n) is 6.96. The van der Waals surface area contributed by atoms with Gasteiger partial charge in [0, 0.05) is 28.6 Å². The minimum Gasteiger partial charge on any atom is -0.462 e. The van der Waals surface area contributed by atoms with E-state index in [4.69, 9.17) is 9.47 Å². The van der Waals surface area contributed by atoms with E-state index in [1.807, 2.05) is 0 Å². The summed E-state index contributed by atoms with van der Waals surface area (Å²) in [5.74, 6) is -1.14. The number of carbonyl (C=O) groups excluding carboxylic acids is 3. The van der Waals surface area contributed by atoms with Crippen molar-refractivity contribution in [3.63, 3.8) is 0 Å². The third-order valence-electron chi connectivity index (χ3n) is 5.04. The molecule has 0 radical (unpaired) electrons. The molecule has 170 valence electrons. The van der Waals surface area contributed by atoms with Crippen LogP contribution in [0, 0.1) is 17.0 Å². The fraction of sp³-hybridized carbons (Fsp3) is 0.381. The number of nitro groups is 1. The molecule has 0 aliphatic carbocycles. The molecule has 0 atom stereocenters. The summed E-state index contributed by atoms with van der Waals surface area (Å²) in [4.78, 5) is 50.7. The van der Waals surface area contributed by atoms with Gasteiger partial charge in [0.05, 0.1) is 30.2 Å². The lowest BCUT2D eigenvalue weighted by Crippen LogP contribution is -2.36. The highest BCUT2D eigenvalue weighted by Gasteiger charge is 2.32. The second kappa shape index (κ2) is 9.77. The van der Waals surface area contributed by atoms with E-state index in [9.17, 15) is 24.5 Å². The number of nitrogens with zero attached hydrogens (tertiary/aromatic N) is 2. The van der Waals surface area contributed by atoms with Crippen molar-refractivity contribution in [1.29, 1.82) is 0 Å². The largest absolute Gasteiger partial charge is 0.462 e. The molecule has 3 rings (SSSR count). The molecule has 11 heteroatoms. The lowest BCUT2D eigenvalue weighted by Gasteiger charge is -2.26. The highest BCUT2D eigenvalue weighted by Crippen LogP contribution is 2.38. The first-order valence-corrected chi connectivity index (χ1v) is 10.9. The molecule has 0 bridgehead atoms. The van der Waals surface area contributed by atoms with E-state index in [1.54, 1.807) is 13.8 Å². The highest BCUT2D eigenvalue weighted by atomic mass is 32.1. The van der Waals surface area contributed by atoms with Crippen molar-refractivity contribution in [2.75, 3.05) is 25.1 Å². The van der Waals surface area contributed by atoms with Gasteiger partial charge in [0.2, 0.25) is 0 Å². The quantitative estimate of drug-likeness (QED) is 0.392. The van der Waals surface area contributed by atoms with Gasteiger partial charge in [0.25, 0.3) is 11.6 Å². The summed E-state index contributed by atoms with van der Waals surface area (Å²) in [5, 5.41) is 14.2. The first-order chi connectivity index (χ1) is 15.3. The molecule has 0 unspecified atom stereocenters. The van der Waals surface area contributed by atoms with E-state index in [2.05, 4.69) is 5.32 Å². The van der Waals surface area contributed by atoms with Gasteiger partial charge in [-0.05, 0) is 38.8 Å². The molecule has 0 saturated carbocycles. The van der Waals surface area contributed by atoms with Crippen molar-refractivity contribution in [3.05, 3.63) is 55.4 Å². The molecule has 1 aliphatic rings. The van der Waals surface area contributed by atoms with Gasteiger partial charge in [-0.1, -0.05) is 6.07 Å². The maximum Gasteiger partial charge on any atom is 0.410 e. The smallest absolute Gasteiger partial charge is 0.410 e. The van der Waals surface area contributed by atoms with Crippen LogP contribution in [0.3, 0.4) is 0 Å². The number of rotatable bonds is 6. The second-order valence-corrected chi connectivity index (χ2v) is 8.06. The van der Waals surface area contributed by atoms with Gasteiger partial charge in [-0.3, -0.25) is 14.9 Å². The van der Waals surface area contributed by atoms with Crippen LogP contribution in [0.2, 0.25) is 0 Å². The Morgan fingerprint density at radius 2 is 1.94 bits per heavy atom. The zero-order valence-electron chi connectivity index (χ0n) is 17.9. The molecule has 10 nitrogen and oxygen atoms in total.